The molecule has 1 heterocycles. The van der Waals surface area contributed by atoms with E-state index in [0.29, 0.717) is 12.2 Å². The zero-order chi connectivity index (χ0) is 11.8. The van der Waals surface area contributed by atoms with Crippen molar-refractivity contribution in [1.82, 2.24) is 9.78 Å². The Labute approximate surface area is 98.6 Å². The number of nitrogens with two attached hydrogens (primary N) is 1. The molecule has 0 bridgehead atoms. The van der Waals surface area contributed by atoms with E-state index in [1.54, 1.807) is 13.2 Å². The number of nitrogens with zero attached hydrogens (tertiary/aromatic N) is 2. The maximum atomic E-state index is 11.5. The summed E-state index contributed by atoms with van der Waals surface area (Å²) < 4.78 is 1.20. The molecule has 0 unspecified atom stereocenters. The minimum Gasteiger partial charge on any atom is -0.381 e. The van der Waals surface area contributed by atoms with Gasteiger partial charge in [-0.2, -0.15) is 5.10 Å². The predicted molar refractivity (Wildman–Crippen MR) is 63.7 cm³/mol. The lowest BCUT2D eigenvalue weighted by Gasteiger charge is -2.38. The third-order valence-electron chi connectivity index (χ3n) is 3.06. The van der Waals surface area contributed by atoms with E-state index in [0.717, 1.165) is 12.8 Å². The average Bonchev–Trinajstić information content (AvgIpc) is 2.22. The molecule has 0 amide bonds. The Bertz CT molecular complexity index is 453. The molecular weight excluding hydrogens is 228 g/mol. The fourth-order valence-corrected chi connectivity index (χ4v) is 1.95. The molecule has 2 rings (SSSR count). The Hall–Kier alpha value is -1.07. The first-order valence-corrected chi connectivity index (χ1v) is 5.64. The number of halogens is 1. The molecule has 1 aromatic rings. The van der Waals surface area contributed by atoms with Crippen LogP contribution in [0.2, 0.25) is 5.02 Å². The van der Waals surface area contributed by atoms with Gasteiger partial charge in [-0.05, 0) is 19.3 Å². The third-order valence-corrected chi connectivity index (χ3v) is 3.42. The molecule has 0 radical (unpaired) electrons. The smallest absolute Gasteiger partial charge is 0.287 e. The zero-order valence-electron chi connectivity index (χ0n) is 9.16. The highest BCUT2D eigenvalue weighted by molar-refractivity contribution is 6.32. The van der Waals surface area contributed by atoms with Gasteiger partial charge in [-0.15, -0.1) is 0 Å². The fraction of sp³-hybridized carbons (Fsp3) is 0.600. The second kappa shape index (κ2) is 4.07. The van der Waals surface area contributed by atoms with Crippen LogP contribution >= 0.6 is 11.6 Å². The van der Waals surface area contributed by atoms with Gasteiger partial charge in [-0.1, -0.05) is 11.6 Å². The Morgan fingerprint density at radius 1 is 1.69 bits per heavy atom. The van der Waals surface area contributed by atoms with Gasteiger partial charge in [0.15, 0.2) is 0 Å². The van der Waals surface area contributed by atoms with Crippen molar-refractivity contribution < 1.29 is 0 Å². The molecule has 0 aliphatic heterocycles. The summed E-state index contributed by atoms with van der Waals surface area (Å²) in [6, 6.07) is 0. The third kappa shape index (κ3) is 2.05. The molecule has 16 heavy (non-hydrogen) atoms. The Kier molecular flexibility index (Phi) is 2.90. The van der Waals surface area contributed by atoms with Gasteiger partial charge in [-0.25, -0.2) is 4.68 Å². The molecule has 0 aromatic carbocycles. The van der Waals surface area contributed by atoms with E-state index < -0.39 is 0 Å². The van der Waals surface area contributed by atoms with Crippen molar-refractivity contribution in [1.29, 1.82) is 0 Å². The minimum absolute atomic E-state index is 0.148. The van der Waals surface area contributed by atoms with Crippen molar-refractivity contribution in [3.05, 3.63) is 21.6 Å². The molecule has 1 fully saturated rings. The Morgan fingerprint density at radius 3 is 2.94 bits per heavy atom. The van der Waals surface area contributed by atoms with E-state index in [4.69, 9.17) is 17.3 Å². The summed E-state index contributed by atoms with van der Waals surface area (Å²) in [6.07, 6.45) is 4.73. The lowest BCUT2D eigenvalue weighted by molar-refractivity contribution is 0.265. The topological polar surface area (TPSA) is 72.9 Å². The van der Waals surface area contributed by atoms with Crippen LogP contribution in [-0.2, 0) is 7.05 Å². The van der Waals surface area contributed by atoms with Gasteiger partial charge in [0, 0.05) is 19.1 Å². The summed E-state index contributed by atoms with van der Waals surface area (Å²) in [5, 5.41) is 7.16. The number of hydrogen-bond acceptors (Lipinski definition) is 4. The summed E-state index contributed by atoms with van der Waals surface area (Å²) in [5.74, 6) is 0. The van der Waals surface area contributed by atoms with Crippen LogP contribution in [0.5, 0.6) is 0 Å². The molecule has 1 saturated carbocycles. The SMILES string of the molecule is Cn1ncc(NCC2(N)CCC2)c(Cl)c1=O. The van der Waals surface area contributed by atoms with E-state index >= 15 is 0 Å². The van der Waals surface area contributed by atoms with E-state index in [2.05, 4.69) is 10.4 Å². The first-order chi connectivity index (χ1) is 7.52. The number of hydrogen-bond donors (Lipinski definition) is 2. The van der Waals surface area contributed by atoms with Gasteiger partial charge in [0.2, 0.25) is 0 Å². The van der Waals surface area contributed by atoms with Crippen LogP contribution in [0.25, 0.3) is 0 Å². The molecule has 1 aromatic heterocycles. The normalized spacial score (nSPS) is 17.9. The highest BCUT2D eigenvalue weighted by Crippen LogP contribution is 2.29. The number of aryl methyl sites for hydroxylation is 1. The van der Waals surface area contributed by atoms with Crippen LogP contribution in [0, 0.1) is 0 Å². The van der Waals surface area contributed by atoms with Crippen molar-refractivity contribution in [2.24, 2.45) is 12.8 Å². The molecule has 0 saturated heterocycles. The van der Waals surface area contributed by atoms with Crippen molar-refractivity contribution >= 4 is 17.3 Å². The van der Waals surface area contributed by atoms with E-state index in [1.807, 2.05) is 0 Å². The Morgan fingerprint density at radius 2 is 2.38 bits per heavy atom. The van der Waals surface area contributed by atoms with E-state index in [-0.39, 0.29) is 16.1 Å². The molecule has 88 valence electrons. The molecule has 0 spiro atoms. The molecule has 3 N–H and O–H groups in total. The zero-order valence-corrected chi connectivity index (χ0v) is 9.92. The fourth-order valence-electron chi connectivity index (χ4n) is 1.71. The van der Waals surface area contributed by atoms with E-state index in [1.165, 1.54) is 11.1 Å². The van der Waals surface area contributed by atoms with Crippen molar-refractivity contribution in [3.63, 3.8) is 0 Å². The van der Waals surface area contributed by atoms with Gasteiger partial charge < -0.3 is 11.1 Å². The lowest BCUT2D eigenvalue weighted by atomic mass is 9.78. The van der Waals surface area contributed by atoms with Gasteiger partial charge >= 0.3 is 0 Å². The Balaban J connectivity index is 2.10. The number of rotatable bonds is 3. The van der Waals surface area contributed by atoms with E-state index in [9.17, 15) is 4.79 Å². The standard InChI is InChI=1S/C10H15ClN4O/c1-15-9(16)8(11)7(5-14-15)13-6-10(12)3-2-4-10/h5,13H,2-4,6,12H2,1H3. The first kappa shape index (κ1) is 11.4. The van der Waals surface area contributed by atoms with Crippen LogP contribution in [-0.4, -0.2) is 21.9 Å². The van der Waals surface area contributed by atoms with Crippen LogP contribution in [0.15, 0.2) is 11.0 Å². The summed E-state index contributed by atoms with van der Waals surface area (Å²) in [7, 11) is 1.56. The summed E-state index contributed by atoms with van der Waals surface area (Å²) in [6.45, 7) is 0.627. The first-order valence-electron chi connectivity index (χ1n) is 5.26. The van der Waals surface area contributed by atoms with Crippen LogP contribution in [0.4, 0.5) is 5.69 Å². The van der Waals surface area contributed by atoms with Crippen LogP contribution in [0.1, 0.15) is 19.3 Å². The van der Waals surface area contributed by atoms with Gasteiger partial charge in [0.1, 0.15) is 5.02 Å². The van der Waals surface area contributed by atoms with Crippen molar-refractivity contribution in [3.8, 4) is 0 Å². The van der Waals surface area contributed by atoms with Gasteiger partial charge in [-0.3, -0.25) is 4.79 Å². The number of anilines is 1. The molecule has 6 heteroatoms. The second-order valence-corrected chi connectivity index (χ2v) is 4.75. The largest absolute Gasteiger partial charge is 0.381 e. The molecule has 1 aliphatic carbocycles. The lowest BCUT2D eigenvalue weighted by Crippen LogP contribution is -2.52. The molecule has 1 aliphatic rings. The second-order valence-electron chi connectivity index (χ2n) is 4.37. The van der Waals surface area contributed by atoms with Crippen LogP contribution < -0.4 is 16.6 Å². The summed E-state index contributed by atoms with van der Waals surface area (Å²) >= 11 is 5.91. The highest BCUT2D eigenvalue weighted by Gasteiger charge is 2.32. The van der Waals surface area contributed by atoms with Crippen molar-refractivity contribution in [2.75, 3.05) is 11.9 Å². The van der Waals surface area contributed by atoms with Crippen molar-refractivity contribution in [2.45, 2.75) is 24.8 Å². The average molecular weight is 243 g/mol. The maximum absolute atomic E-state index is 11.5. The maximum Gasteiger partial charge on any atom is 0.287 e. The molecule has 5 nitrogen and oxygen atoms in total. The minimum atomic E-state index is -0.300. The quantitative estimate of drug-likeness (QED) is 0.820. The number of aromatic nitrogens is 2. The molecular formula is C10H15ClN4O. The number of nitrogens with one attached hydrogen (secondary N) is 1. The van der Waals surface area contributed by atoms with Gasteiger partial charge in [0.25, 0.3) is 5.56 Å². The predicted octanol–water partition coefficient (Wildman–Crippen LogP) is 0.727. The summed E-state index contributed by atoms with van der Waals surface area (Å²) in [4.78, 5) is 11.5. The highest BCUT2D eigenvalue weighted by atomic mass is 35.5. The summed E-state index contributed by atoms with van der Waals surface area (Å²) in [5.41, 5.74) is 6.17. The van der Waals surface area contributed by atoms with Gasteiger partial charge in [0.05, 0.1) is 11.9 Å². The monoisotopic (exact) mass is 242 g/mol. The molecule has 0 atom stereocenters. The van der Waals surface area contributed by atoms with Crippen LogP contribution in [0.3, 0.4) is 0 Å².